The Morgan fingerprint density at radius 1 is 0.800 bits per heavy atom. The largest absolute Gasteiger partial charge is 0.392 e. The summed E-state index contributed by atoms with van der Waals surface area (Å²) in [6.45, 7) is 11.8. The molecule has 20 heavy (non-hydrogen) atoms. The van der Waals surface area contributed by atoms with Crippen molar-refractivity contribution in [2.24, 2.45) is 23.7 Å². The Morgan fingerprint density at radius 3 is 1.30 bits per heavy atom. The van der Waals surface area contributed by atoms with E-state index in [1.54, 1.807) is 0 Å². The summed E-state index contributed by atoms with van der Waals surface area (Å²) in [7, 11) is 0. The Morgan fingerprint density at radius 2 is 1.10 bits per heavy atom. The quantitative estimate of drug-likeness (QED) is 0.647. The van der Waals surface area contributed by atoms with Gasteiger partial charge < -0.3 is 10.2 Å². The molecule has 0 rings (SSSR count). The highest BCUT2D eigenvalue weighted by atomic mass is 16.3. The van der Waals surface area contributed by atoms with E-state index in [1.165, 1.54) is 0 Å². The first-order chi connectivity index (χ1) is 9.27. The minimum atomic E-state index is -0.610. The van der Waals surface area contributed by atoms with Crippen molar-refractivity contribution >= 4 is 5.78 Å². The lowest BCUT2D eigenvalue weighted by atomic mass is 9.76. The fourth-order valence-electron chi connectivity index (χ4n) is 2.79. The smallest absolute Gasteiger partial charge is 0.144 e. The number of aliphatic hydroxyl groups excluding tert-OH is 2. The molecule has 0 aromatic heterocycles. The topological polar surface area (TPSA) is 57.5 Å². The number of carbonyl (C=O) groups is 1. The molecule has 0 aliphatic heterocycles. The second kappa shape index (κ2) is 9.51. The van der Waals surface area contributed by atoms with Crippen molar-refractivity contribution in [3.8, 4) is 0 Å². The molecular formula is C17H34O3. The van der Waals surface area contributed by atoms with Crippen LogP contribution >= 0.6 is 0 Å². The molecule has 120 valence electrons. The summed E-state index contributed by atoms with van der Waals surface area (Å²) in [4.78, 5) is 12.8. The summed E-state index contributed by atoms with van der Waals surface area (Å²) in [6, 6.07) is 0. The molecule has 4 atom stereocenters. The molecule has 0 saturated heterocycles. The van der Waals surface area contributed by atoms with Gasteiger partial charge in [0.2, 0.25) is 0 Å². The number of carbonyl (C=O) groups excluding carboxylic acids is 1. The number of rotatable bonds is 10. The minimum absolute atomic E-state index is 0.0519. The maximum Gasteiger partial charge on any atom is 0.144 e. The van der Waals surface area contributed by atoms with E-state index >= 15 is 0 Å². The zero-order chi connectivity index (χ0) is 15.9. The molecule has 0 saturated carbocycles. The highest BCUT2D eigenvalue weighted by Gasteiger charge is 2.36. The second-order valence-electron chi connectivity index (χ2n) is 6.66. The van der Waals surface area contributed by atoms with Crippen LogP contribution in [0.4, 0.5) is 0 Å². The van der Waals surface area contributed by atoms with Crippen LogP contribution in [0, 0.1) is 23.7 Å². The molecule has 0 aromatic rings. The van der Waals surface area contributed by atoms with E-state index in [1.807, 2.05) is 41.5 Å². The van der Waals surface area contributed by atoms with Gasteiger partial charge in [0.15, 0.2) is 0 Å². The van der Waals surface area contributed by atoms with Crippen LogP contribution in [-0.2, 0) is 4.79 Å². The van der Waals surface area contributed by atoms with Gasteiger partial charge in [-0.05, 0) is 24.7 Å². The van der Waals surface area contributed by atoms with Crippen LogP contribution in [0.5, 0.6) is 0 Å². The van der Waals surface area contributed by atoms with Crippen LogP contribution in [0.3, 0.4) is 0 Å². The van der Waals surface area contributed by atoms with Gasteiger partial charge in [-0.15, -0.1) is 0 Å². The maximum atomic E-state index is 12.8. The van der Waals surface area contributed by atoms with Gasteiger partial charge in [-0.25, -0.2) is 0 Å². The fraction of sp³-hybridized carbons (Fsp3) is 0.941. The Labute approximate surface area is 124 Å². The third-order valence-electron chi connectivity index (χ3n) is 4.12. The molecule has 0 aliphatic rings. The molecule has 0 amide bonds. The van der Waals surface area contributed by atoms with E-state index < -0.39 is 12.2 Å². The van der Waals surface area contributed by atoms with E-state index in [4.69, 9.17) is 0 Å². The van der Waals surface area contributed by atoms with Crippen molar-refractivity contribution in [3.05, 3.63) is 0 Å². The van der Waals surface area contributed by atoms with Gasteiger partial charge in [-0.3, -0.25) is 4.79 Å². The Hall–Kier alpha value is -0.410. The van der Waals surface area contributed by atoms with Crippen LogP contribution < -0.4 is 0 Å². The molecule has 4 unspecified atom stereocenters. The summed E-state index contributed by atoms with van der Waals surface area (Å²) in [5.41, 5.74) is 0. The van der Waals surface area contributed by atoms with E-state index in [2.05, 4.69) is 0 Å². The van der Waals surface area contributed by atoms with Crippen molar-refractivity contribution < 1.29 is 15.0 Å². The van der Waals surface area contributed by atoms with Crippen molar-refractivity contribution in [2.75, 3.05) is 0 Å². The van der Waals surface area contributed by atoms with Gasteiger partial charge in [0, 0.05) is 11.8 Å². The molecule has 0 spiro atoms. The first-order valence-corrected chi connectivity index (χ1v) is 8.17. The lowest BCUT2D eigenvalue weighted by Crippen LogP contribution is -2.41. The van der Waals surface area contributed by atoms with Crippen molar-refractivity contribution in [2.45, 2.75) is 79.4 Å². The lowest BCUT2D eigenvalue weighted by Gasteiger charge is -2.31. The molecule has 2 N–H and O–H groups in total. The summed E-state index contributed by atoms with van der Waals surface area (Å²) in [5.74, 6) is -0.506. The van der Waals surface area contributed by atoms with E-state index in [-0.39, 0.29) is 29.5 Å². The fourth-order valence-corrected chi connectivity index (χ4v) is 2.79. The standard InChI is InChI=1S/C17H34O3/c1-7-9-13(15(18)11(3)4)17(20)14(10-8-2)16(19)12(5)6/h11-16,18-19H,7-10H2,1-6H3. The van der Waals surface area contributed by atoms with Crippen LogP contribution in [0.15, 0.2) is 0 Å². The van der Waals surface area contributed by atoms with E-state index in [9.17, 15) is 15.0 Å². The SMILES string of the molecule is CCCC(C(=O)C(CCC)C(O)C(C)C)C(O)C(C)C. The third-order valence-corrected chi connectivity index (χ3v) is 4.12. The average Bonchev–Trinajstić information content (AvgIpc) is 2.39. The first-order valence-electron chi connectivity index (χ1n) is 8.17. The zero-order valence-electron chi connectivity index (χ0n) is 14.1. The summed E-state index contributed by atoms with van der Waals surface area (Å²) < 4.78 is 0. The van der Waals surface area contributed by atoms with Crippen LogP contribution in [-0.4, -0.2) is 28.2 Å². The average molecular weight is 286 g/mol. The number of hydrogen-bond donors (Lipinski definition) is 2. The predicted octanol–water partition coefficient (Wildman–Crippen LogP) is 3.42. The molecule has 3 heteroatoms. The van der Waals surface area contributed by atoms with E-state index in [0.29, 0.717) is 12.8 Å². The lowest BCUT2D eigenvalue weighted by molar-refractivity contribution is -0.137. The molecular weight excluding hydrogens is 252 g/mol. The minimum Gasteiger partial charge on any atom is -0.392 e. The molecule has 3 nitrogen and oxygen atoms in total. The monoisotopic (exact) mass is 286 g/mol. The van der Waals surface area contributed by atoms with Crippen molar-refractivity contribution in [3.63, 3.8) is 0 Å². The Bertz CT molecular complexity index is 247. The van der Waals surface area contributed by atoms with Gasteiger partial charge in [-0.2, -0.15) is 0 Å². The Kier molecular flexibility index (Phi) is 9.32. The van der Waals surface area contributed by atoms with Crippen molar-refractivity contribution in [1.29, 1.82) is 0 Å². The van der Waals surface area contributed by atoms with Gasteiger partial charge >= 0.3 is 0 Å². The van der Waals surface area contributed by atoms with E-state index in [0.717, 1.165) is 12.8 Å². The highest BCUT2D eigenvalue weighted by molar-refractivity contribution is 5.84. The number of ketones is 1. The summed E-state index contributed by atoms with van der Waals surface area (Å²) in [6.07, 6.45) is 1.92. The Balaban J connectivity index is 5.14. The van der Waals surface area contributed by atoms with Gasteiger partial charge in [0.25, 0.3) is 0 Å². The highest BCUT2D eigenvalue weighted by Crippen LogP contribution is 2.28. The molecule has 0 fully saturated rings. The maximum absolute atomic E-state index is 12.8. The van der Waals surface area contributed by atoms with Crippen molar-refractivity contribution in [1.82, 2.24) is 0 Å². The third kappa shape index (κ3) is 5.53. The number of aliphatic hydroxyl groups is 2. The second-order valence-corrected chi connectivity index (χ2v) is 6.66. The van der Waals surface area contributed by atoms with Gasteiger partial charge in [-0.1, -0.05) is 54.4 Å². The van der Waals surface area contributed by atoms with Gasteiger partial charge in [0.1, 0.15) is 5.78 Å². The summed E-state index contributed by atoms with van der Waals surface area (Å²) >= 11 is 0. The summed E-state index contributed by atoms with van der Waals surface area (Å²) in [5, 5.41) is 20.6. The number of Topliss-reactive ketones (excluding diaryl/α,β-unsaturated/α-hetero) is 1. The van der Waals surface area contributed by atoms with Crippen LogP contribution in [0.2, 0.25) is 0 Å². The number of hydrogen-bond acceptors (Lipinski definition) is 3. The molecule has 0 radical (unpaired) electrons. The van der Waals surface area contributed by atoms with Crippen LogP contribution in [0.25, 0.3) is 0 Å². The zero-order valence-corrected chi connectivity index (χ0v) is 14.1. The predicted molar refractivity (Wildman–Crippen MR) is 83.5 cm³/mol. The molecule has 0 bridgehead atoms. The molecule has 0 heterocycles. The molecule has 0 aromatic carbocycles. The van der Waals surface area contributed by atoms with Crippen LogP contribution in [0.1, 0.15) is 67.2 Å². The first kappa shape index (κ1) is 19.6. The normalized spacial score (nSPS) is 18.1. The van der Waals surface area contributed by atoms with Gasteiger partial charge in [0.05, 0.1) is 12.2 Å². The molecule has 0 aliphatic carbocycles.